The predicted octanol–water partition coefficient (Wildman–Crippen LogP) is 3.85. The summed E-state index contributed by atoms with van der Waals surface area (Å²) in [6, 6.07) is 14.3. The van der Waals surface area contributed by atoms with E-state index in [9.17, 15) is 4.79 Å². The van der Waals surface area contributed by atoms with Crippen LogP contribution in [0.2, 0.25) is 0 Å². The number of amides is 1. The zero-order chi connectivity index (χ0) is 18.5. The fourth-order valence-corrected chi connectivity index (χ4v) is 2.93. The average molecular weight is 350 g/mol. The van der Waals surface area contributed by atoms with E-state index in [1.54, 1.807) is 24.3 Å². The van der Waals surface area contributed by atoms with Gasteiger partial charge in [-0.3, -0.25) is 4.79 Å². The second-order valence-corrected chi connectivity index (χ2v) is 6.64. The quantitative estimate of drug-likeness (QED) is 0.909. The van der Waals surface area contributed by atoms with E-state index in [-0.39, 0.29) is 17.9 Å². The molecule has 2 aromatic rings. The fourth-order valence-electron chi connectivity index (χ4n) is 2.93. The summed E-state index contributed by atoms with van der Waals surface area (Å²) in [6.45, 7) is 5.40. The summed E-state index contributed by atoms with van der Waals surface area (Å²) in [5, 5.41) is 12.0. The summed E-state index contributed by atoms with van der Waals surface area (Å²) < 4.78 is 11.4. The predicted molar refractivity (Wildman–Crippen MR) is 98.3 cm³/mol. The molecule has 0 bridgehead atoms. The molecule has 1 N–H and O–H groups in total. The van der Waals surface area contributed by atoms with Crippen LogP contribution in [0.15, 0.2) is 42.5 Å². The van der Waals surface area contributed by atoms with Crippen LogP contribution in [0.4, 0.5) is 0 Å². The SMILES string of the molecule is CC(C)C(NC(=O)c1ccc(C#N)cc1)c1ccc2c(c1)OCCCO2. The molecule has 26 heavy (non-hydrogen) atoms. The molecule has 0 saturated carbocycles. The van der Waals surface area contributed by atoms with Crippen molar-refractivity contribution < 1.29 is 14.3 Å². The minimum Gasteiger partial charge on any atom is -0.490 e. The van der Waals surface area contributed by atoms with Gasteiger partial charge in [-0.25, -0.2) is 0 Å². The Morgan fingerprint density at radius 1 is 1.08 bits per heavy atom. The van der Waals surface area contributed by atoms with Gasteiger partial charge in [-0.15, -0.1) is 0 Å². The molecule has 1 aliphatic heterocycles. The number of carbonyl (C=O) groups is 1. The van der Waals surface area contributed by atoms with Crippen LogP contribution in [-0.2, 0) is 0 Å². The second-order valence-electron chi connectivity index (χ2n) is 6.64. The lowest BCUT2D eigenvalue weighted by Crippen LogP contribution is -2.31. The molecule has 1 atom stereocenters. The van der Waals surface area contributed by atoms with Crippen molar-refractivity contribution >= 4 is 5.91 Å². The van der Waals surface area contributed by atoms with Crippen molar-refractivity contribution in [1.29, 1.82) is 5.26 Å². The average Bonchev–Trinajstić information content (AvgIpc) is 2.90. The molecule has 0 fully saturated rings. The summed E-state index contributed by atoms with van der Waals surface area (Å²) in [4.78, 5) is 12.6. The van der Waals surface area contributed by atoms with Crippen LogP contribution in [-0.4, -0.2) is 19.1 Å². The number of fused-ring (bicyclic) bond motifs is 1. The summed E-state index contributed by atoms with van der Waals surface area (Å²) in [6.07, 6.45) is 0.854. The molecular formula is C21H22N2O3. The van der Waals surface area contributed by atoms with Crippen LogP contribution >= 0.6 is 0 Å². The van der Waals surface area contributed by atoms with E-state index in [0.29, 0.717) is 24.3 Å². The normalized spacial score (nSPS) is 14.2. The maximum Gasteiger partial charge on any atom is 0.251 e. The molecule has 0 radical (unpaired) electrons. The molecule has 134 valence electrons. The first-order valence-corrected chi connectivity index (χ1v) is 8.79. The maximum atomic E-state index is 12.6. The van der Waals surface area contributed by atoms with Gasteiger partial charge in [0, 0.05) is 12.0 Å². The Labute approximate surface area is 153 Å². The molecular weight excluding hydrogens is 328 g/mol. The molecule has 5 nitrogen and oxygen atoms in total. The Morgan fingerprint density at radius 3 is 2.42 bits per heavy atom. The van der Waals surface area contributed by atoms with E-state index in [4.69, 9.17) is 14.7 Å². The van der Waals surface area contributed by atoms with Crippen LogP contribution < -0.4 is 14.8 Å². The molecule has 0 spiro atoms. The van der Waals surface area contributed by atoms with Gasteiger partial charge in [-0.2, -0.15) is 5.26 Å². The highest BCUT2D eigenvalue weighted by Gasteiger charge is 2.21. The number of rotatable bonds is 4. The van der Waals surface area contributed by atoms with E-state index in [0.717, 1.165) is 23.5 Å². The van der Waals surface area contributed by atoms with E-state index in [1.807, 2.05) is 18.2 Å². The Bertz CT molecular complexity index is 822. The third-order valence-electron chi connectivity index (χ3n) is 4.36. The van der Waals surface area contributed by atoms with Crippen LogP contribution in [0.5, 0.6) is 11.5 Å². The number of benzene rings is 2. The van der Waals surface area contributed by atoms with E-state index in [1.165, 1.54) is 0 Å². The number of hydrogen-bond donors (Lipinski definition) is 1. The van der Waals surface area contributed by atoms with Gasteiger partial charge in [0.25, 0.3) is 5.91 Å². The fraction of sp³-hybridized carbons (Fsp3) is 0.333. The Morgan fingerprint density at radius 2 is 1.77 bits per heavy atom. The first-order chi connectivity index (χ1) is 12.6. The third kappa shape index (κ3) is 3.97. The van der Waals surface area contributed by atoms with Crippen LogP contribution in [0.1, 0.15) is 47.8 Å². The topological polar surface area (TPSA) is 71.4 Å². The standard InChI is InChI=1S/C21H22N2O3/c1-14(2)20(23-21(24)16-6-4-15(13-22)5-7-16)17-8-9-18-19(12-17)26-11-3-10-25-18/h4-9,12,14,20H,3,10-11H2,1-2H3,(H,23,24). The van der Waals surface area contributed by atoms with Crippen molar-refractivity contribution in [3.8, 4) is 17.6 Å². The molecule has 0 aliphatic carbocycles. The second kappa shape index (κ2) is 7.92. The largest absolute Gasteiger partial charge is 0.490 e. The number of ether oxygens (including phenoxy) is 2. The molecule has 0 aromatic heterocycles. The number of carbonyl (C=O) groups excluding carboxylic acids is 1. The number of hydrogen-bond acceptors (Lipinski definition) is 4. The van der Waals surface area contributed by atoms with Crippen molar-refractivity contribution in [2.45, 2.75) is 26.3 Å². The summed E-state index contributed by atoms with van der Waals surface area (Å²) in [5.41, 5.74) is 2.04. The summed E-state index contributed by atoms with van der Waals surface area (Å²) >= 11 is 0. The van der Waals surface area contributed by atoms with Crippen molar-refractivity contribution in [2.75, 3.05) is 13.2 Å². The third-order valence-corrected chi connectivity index (χ3v) is 4.36. The minimum absolute atomic E-state index is 0.157. The molecule has 1 unspecified atom stereocenters. The Balaban J connectivity index is 1.81. The summed E-state index contributed by atoms with van der Waals surface area (Å²) in [7, 11) is 0. The number of nitrogens with one attached hydrogen (secondary N) is 1. The molecule has 1 aliphatic rings. The maximum absolute atomic E-state index is 12.6. The Hall–Kier alpha value is -3.00. The molecule has 3 rings (SSSR count). The summed E-state index contributed by atoms with van der Waals surface area (Å²) in [5.74, 6) is 1.49. The van der Waals surface area contributed by atoms with Gasteiger partial charge in [0.15, 0.2) is 11.5 Å². The van der Waals surface area contributed by atoms with Crippen LogP contribution in [0, 0.1) is 17.2 Å². The van der Waals surface area contributed by atoms with Gasteiger partial charge in [0.1, 0.15) is 0 Å². The Kier molecular flexibility index (Phi) is 5.43. The van der Waals surface area contributed by atoms with E-state index in [2.05, 4.69) is 25.2 Å². The van der Waals surface area contributed by atoms with Crippen LogP contribution in [0.3, 0.4) is 0 Å². The lowest BCUT2D eigenvalue weighted by Gasteiger charge is -2.24. The first-order valence-electron chi connectivity index (χ1n) is 8.79. The van der Waals surface area contributed by atoms with Crippen molar-refractivity contribution in [2.24, 2.45) is 5.92 Å². The molecule has 2 aromatic carbocycles. The van der Waals surface area contributed by atoms with Crippen molar-refractivity contribution in [3.05, 3.63) is 59.2 Å². The van der Waals surface area contributed by atoms with Gasteiger partial charge < -0.3 is 14.8 Å². The van der Waals surface area contributed by atoms with Crippen molar-refractivity contribution in [1.82, 2.24) is 5.32 Å². The molecule has 5 heteroatoms. The zero-order valence-corrected chi connectivity index (χ0v) is 15.0. The van der Waals surface area contributed by atoms with E-state index < -0.39 is 0 Å². The highest BCUT2D eigenvalue weighted by atomic mass is 16.5. The molecule has 1 heterocycles. The monoisotopic (exact) mass is 350 g/mol. The van der Waals surface area contributed by atoms with Gasteiger partial charge in [-0.1, -0.05) is 19.9 Å². The van der Waals surface area contributed by atoms with Gasteiger partial charge >= 0.3 is 0 Å². The lowest BCUT2D eigenvalue weighted by atomic mass is 9.95. The lowest BCUT2D eigenvalue weighted by molar-refractivity contribution is 0.0925. The highest BCUT2D eigenvalue weighted by molar-refractivity contribution is 5.94. The minimum atomic E-state index is -0.166. The van der Waals surface area contributed by atoms with Crippen molar-refractivity contribution in [3.63, 3.8) is 0 Å². The van der Waals surface area contributed by atoms with E-state index >= 15 is 0 Å². The number of nitrogens with zero attached hydrogens (tertiary/aromatic N) is 1. The highest BCUT2D eigenvalue weighted by Crippen LogP contribution is 2.34. The van der Waals surface area contributed by atoms with Crippen LogP contribution in [0.25, 0.3) is 0 Å². The zero-order valence-electron chi connectivity index (χ0n) is 15.0. The smallest absolute Gasteiger partial charge is 0.251 e. The first kappa shape index (κ1) is 17.8. The number of nitriles is 1. The van der Waals surface area contributed by atoms with Gasteiger partial charge in [0.2, 0.25) is 0 Å². The van der Waals surface area contributed by atoms with Gasteiger partial charge in [0.05, 0.1) is 30.9 Å². The molecule has 0 saturated heterocycles. The van der Waals surface area contributed by atoms with Gasteiger partial charge in [-0.05, 0) is 47.9 Å². The molecule has 1 amide bonds.